The van der Waals surface area contributed by atoms with Crippen molar-refractivity contribution < 1.29 is 4.79 Å². The Bertz CT molecular complexity index is 393. The molecule has 1 aromatic carbocycles. The predicted molar refractivity (Wildman–Crippen MR) is 61.6 cm³/mol. The first kappa shape index (κ1) is 9.97. The normalized spacial score (nSPS) is 14.7. The molecule has 0 aromatic heterocycles. The van der Waals surface area contributed by atoms with Crippen LogP contribution < -0.4 is 0 Å². The second kappa shape index (κ2) is 3.89. The number of carbonyl (C=O) groups excluding carboxylic acids is 1. The fourth-order valence-corrected chi connectivity index (χ4v) is 1.63. The van der Waals surface area contributed by atoms with Crippen LogP contribution in [0.3, 0.4) is 0 Å². The summed E-state index contributed by atoms with van der Waals surface area (Å²) in [7, 11) is 1.88. The lowest BCUT2D eigenvalue weighted by Gasteiger charge is -2.16. The first-order valence-electron chi connectivity index (χ1n) is 5.22. The summed E-state index contributed by atoms with van der Waals surface area (Å²) in [5.74, 6) is 0.112. The van der Waals surface area contributed by atoms with Gasteiger partial charge in [-0.15, -0.1) is 0 Å². The number of rotatable bonds is 3. The summed E-state index contributed by atoms with van der Waals surface area (Å²) in [6.45, 7) is 3.70. The van der Waals surface area contributed by atoms with Crippen molar-refractivity contribution in [3.63, 3.8) is 0 Å². The van der Waals surface area contributed by atoms with E-state index in [1.165, 1.54) is 0 Å². The van der Waals surface area contributed by atoms with E-state index in [4.69, 9.17) is 0 Å². The molecule has 1 aliphatic carbocycles. The van der Waals surface area contributed by atoms with E-state index in [1.54, 1.807) is 6.08 Å². The summed E-state index contributed by atoms with van der Waals surface area (Å²) in [5, 5.41) is 0. The molecule has 0 N–H and O–H groups in total. The Morgan fingerprint density at radius 1 is 1.53 bits per heavy atom. The third kappa shape index (κ3) is 2.09. The number of amides is 1. The van der Waals surface area contributed by atoms with Gasteiger partial charge in [-0.3, -0.25) is 4.79 Å². The Kier molecular flexibility index (Phi) is 2.58. The Labute approximate surface area is 90.2 Å². The SMILES string of the molecule is C=Cc1cccc(C(=O)N(C)C2CC2)c1. The molecule has 0 heterocycles. The van der Waals surface area contributed by atoms with Crippen LogP contribution in [0.2, 0.25) is 0 Å². The number of nitrogens with zero attached hydrogens (tertiary/aromatic N) is 1. The van der Waals surface area contributed by atoms with Crippen LogP contribution >= 0.6 is 0 Å². The average molecular weight is 201 g/mol. The van der Waals surface area contributed by atoms with E-state index in [9.17, 15) is 4.79 Å². The maximum absolute atomic E-state index is 12.0. The van der Waals surface area contributed by atoms with Crippen LogP contribution in [0.5, 0.6) is 0 Å². The second-order valence-corrected chi connectivity index (χ2v) is 3.98. The van der Waals surface area contributed by atoms with Crippen molar-refractivity contribution in [2.75, 3.05) is 7.05 Å². The van der Waals surface area contributed by atoms with Crippen LogP contribution in [0.15, 0.2) is 30.8 Å². The van der Waals surface area contributed by atoms with Gasteiger partial charge in [0.05, 0.1) is 0 Å². The van der Waals surface area contributed by atoms with Crippen molar-refractivity contribution in [2.45, 2.75) is 18.9 Å². The molecule has 0 bridgehead atoms. The van der Waals surface area contributed by atoms with Crippen molar-refractivity contribution in [1.29, 1.82) is 0 Å². The van der Waals surface area contributed by atoms with Gasteiger partial charge >= 0.3 is 0 Å². The average Bonchev–Trinajstić information content (AvgIpc) is 3.11. The van der Waals surface area contributed by atoms with E-state index < -0.39 is 0 Å². The number of hydrogen-bond donors (Lipinski definition) is 0. The largest absolute Gasteiger partial charge is 0.339 e. The fourth-order valence-electron chi connectivity index (χ4n) is 1.63. The van der Waals surface area contributed by atoms with E-state index in [0.29, 0.717) is 6.04 Å². The van der Waals surface area contributed by atoms with Gasteiger partial charge in [0, 0.05) is 18.7 Å². The highest BCUT2D eigenvalue weighted by Gasteiger charge is 2.29. The van der Waals surface area contributed by atoms with E-state index in [2.05, 4.69) is 6.58 Å². The van der Waals surface area contributed by atoms with Gasteiger partial charge in [-0.05, 0) is 30.5 Å². The molecule has 0 atom stereocenters. The summed E-state index contributed by atoms with van der Waals surface area (Å²) in [4.78, 5) is 13.8. The number of carbonyl (C=O) groups is 1. The maximum atomic E-state index is 12.0. The minimum Gasteiger partial charge on any atom is -0.339 e. The third-order valence-corrected chi connectivity index (χ3v) is 2.78. The Hall–Kier alpha value is -1.57. The zero-order valence-corrected chi connectivity index (χ0v) is 8.94. The molecule has 0 spiro atoms. The van der Waals surface area contributed by atoms with Crippen LogP contribution in [0.25, 0.3) is 6.08 Å². The molecule has 0 aliphatic heterocycles. The molecular weight excluding hydrogens is 186 g/mol. The van der Waals surface area contributed by atoms with Gasteiger partial charge in [-0.1, -0.05) is 24.8 Å². The predicted octanol–water partition coefficient (Wildman–Crippen LogP) is 2.56. The molecule has 0 radical (unpaired) electrons. The molecule has 15 heavy (non-hydrogen) atoms. The maximum Gasteiger partial charge on any atom is 0.253 e. The Morgan fingerprint density at radius 2 is 2.27 bits per heavy atom. The summed E-state index contributed by atoms with van der Waals surface area (Å²) in [5.41, 5.74) is 1.74. The van der Waals surface area contributed by atoms with Gasteiger partial charge in [-0.2, -0.15) is 0 Å². The first-order valence-corrected chi connectivity index (χ1v) is 5.22. The Morgan fingerprint density at radius 3 is 2.87 bits per heavy atom. The van der Waals surface area contributed by atoms with E-state index in [-0.39, 0.29) is 5.91 Å². The van der Waals surface area contributed by atoms with Crippen molar-refractivity contribution in [2.24, 2.45) is 0 Å². The minimum absolute atomic E-state index is 0.112. The molecule has 2 heteroatoms. The molecule has 1 amide bonds. The molecule has 78 valence electrons. The lowest BCUT2D eigenvalue weighted by Crippen LogP contribution is -2.28. The molecule has 1 saturated carbocycles. The molecule has 1 aliphatic rings. The van der Waals surface area contributed by atoms with Gasteiger partial charge in [0.1, 0.15) is 0 Å². The van der Waals surface area contributed by atoms with E-state index in [0.717, 1.165) is 24.0 Å². The minimum atomic E-state index is 0.112. The zero-order valence-electron chi connectivity index (χ0n) is 8.94. The summed E-state index contributed by atoms with van der Waals surface area (Å²) in [6, 6.07) is 8.04. The lowest BCUT2D eigenvalue weighted by atomic mass is 10.1. The van der Waals surface area contributed by atoms with Crippen LogP contribution in [0.4, 0.5) is 0 Å². The highest BCUT2D eigenvalue weighted by molar-refractivity contribution is 5.95. The van der Waals surface area contributed by atoms with E-state index >= 15 is 0 Å². The van der Waals surface area contributed by atoms with Crippen molar-refractivity contribution in [1.82, 2.24) is 4.90 Å². The highest BCUT2D eigenvalue weighted by Crippen LogP contribution is 2.26. The topological polar surface area (TPSA) is 20.3 Å². The monoisotopic (exact) mass is 201 g/mol. The van der Waals surface area contributed by atoms with Crippen molar-refractivity contribution in [3.8, 4) is 0 Å². The molecule has 0 saturated heterocycles. The fraction of sp³-hybridized carbons (Fsp3) is 0.308. The standard InChI is InChI=1S/C13H15NO/c1-3-10-5-4-6-11(9-10)13(15)14(2)12-7-8-12/h3-6,9,12H,1,7-8H2,2H3. The lowest BCUT2D eigenvalue weighted by molar-refractivity contribution is 0.0785. The highest BCUT2D eigenvalue weighted by atomic mass is 16.2. The third-order valence-electron chi connectivity index (χ3n) is 2.78. The van der Waals surface area contributed by atoms with E-state index in [1.807, 2.05) is 36.2 Å². The Balaban J connectivity index is 2.20. The molecule has 2 rings (SSSR count). The van der Waals surface area contributed by atoms with Crippen LogP contribution in [-0.2, 0) is 0 Å². The molecule has 0 unspecified atom stereocenters. The molecule has 2 nitrogen and oxygen atoms in total. The second-order valence-electron chi connectivity index (χ2n) is 3.98. The summed E-state index contributed by atoms with van der Waals surface area (Å²) >= 11 is 0. The smallest absolute Gasteiger partial charge is 0.253 e. The van der Waals surface area contributed by atoms with Gasteiger partial charge < -0.3 is 4.90 Å². The number of hydrogen-bond acceptors (Lipinski definition) is 1. The van der Waals surface area contributed by atoms with Crippen LogP contribution in [0.1, 0.15) is 28.8 Å². The van der Waals surface area contributed by atoms with Crippen LogP contribution in [0, 0.1) is 0 Å². The van der Waals surface area contributed by atoms with Gasteiger partial charge in [0.2, 0.25) is 0 Å². The van der Waals surface area contributed by atoms with Crippen molar-refractivity contribution >= 4 is 12.0 Å². The first-order chi connectivity index (χ1) is 7.22. The summed E-state index contributed by atoms with van der Waals surface area (Å²) < 4.78 is 0. The molecular formula is C13H15NO. The quantitative estimate of drug-likeness (QED) is 0.736. The summed E-state index contributed by atoms with van der Waals surface area (Å²) in [6.07, 6.45) is 4.04. The molecule has 1 aromatic rings. The van der Waals surface area contributed by atoms with Gasteiger partial charge in [0.25, 0.3) is 5.91 Å². The zero-order chi connectivity index (χ0) is 10.8. The van der Waals surface area contributed by atoms with Crippen molar-refractivity contribution in [3.05, 3.63) is 42.0 Å². The van der Waals surface area contributed by atoms with Gasteiger partial charge in [-0.25, -0.2) is 0 Å². The number of benzene rings is 1. The van der Waals surface area contributed by atoms with Gasteiger partial charge in [0.15, 0.2) is 0 Å². The molecule has 1 fully saturated rings. The van der Waals surface area contributed by atoms with Crippen LogP contribution in [-0.4, -0.2) is 23.9 Å².